The van der Waals surface area contributed by atoms with Crippen LogP contribution in [-0.4, -0.2) is 26.1 Å². The number of H-pyrrole nitrogens is 2. The molecular formula is C8H10N6O. The minimum absolute atomic E-state index is 0.233. The van der Waals surface area contributed by atoms with E-state index < -0.39 is 0 Å². The lowest BCUT2D eigenvalue weighted by molar-refractivity contribution is 0.0945. The molecule has 2 aromatic rings. The number of nitrogen functional groups attached to an aromatic ring is 1. The molecule has 0 aliphatic heterocycles. The van der Waals surface area contributed by atoms with Gasteiger partial charge >= 0.3 is 0 Å². The van der Waals surface area contributed by atoms with Crippen LogP contribution in [0.15, 0.2) is 18.6 Å². The van der Waals surface area contributed by atoms with Crippen LogP contribution in [0.2, 0.25) is 0 Å². The van der Waals surface area contributed by atoms with Crippen molar-refractivity contribution in [1.29, 1.82) is 0 Å². The summed E-state index contributed by atoms with van der Waals surface area (Å²) in [4.78, 5) is 18.1. The average Bonchev–Trinajstić information content (AvgIpc) is 2.84. The van der Waals surface area contributed by atoms with Gasteiger partial charge < -0.3 is 16.0 Å². The predicted octanol–water partition coefficient (Wildman–Crippen LogP) is -0.355. The van der Waals surface area contributed by atoms with Gasteiger partial charge in [0.05, 0.1) is 6.54 Å². The Hall–Kier alpha value is -2.31. The molecule has 15 heavy (non-hydrogen) atoms. The summed E-state index contributed by atoms with van der Waals surface area (Å²) >= 11 is 0. The molecule has 0 aliphatic rings. The first kappa shape index (κ1) is 9.25. The van der Waals surface area contributed by atoms with Crippen LogP contribution in [-0.2, 0) is 6.54 Å². The summed E-state index contributed by atoms with van der Waals surface area (Å²) in [6.07, 6.45) is 2.94. The van der Waals surface area contributed by atoms with Crippen LogP contribution in [0, 0.1) is 0 Å². The molecule has 78 valence electrons. The van der Waals surface area contributed by atoms with Gasteiger partial charge in [0, 0.05) is 11.9 Å². The number of anilines is 1. The van der Waals surface area contributed by atoms with E-state index in [1.165, 1.54) is 6.33 Å². The number of aromatic amines is 2. The number of carbonyl (C=O) groups excluding carboxylic acids is 1. The van der Waals surface area contributed by atoms with Gasteiger partial charge in [0.1, 0.15) is 17.8 Å². The summed E-state index contributed by atoms with van der Waals surface area (Å²) in [7, 11) is 0. The van der Waals surface area contributed by atoms with Crippen molar-refractivity contribution >= 4 is 11.6 Å². The molecule has 7 heteroatoms. The lowest BCUT2D eigenvalue weighted by Crippen LogP contribution is -2.23. The van der Waals surface area contributed by atoms with E-state index in [9.17, 15) is 4.79 Å². The number of hydrogen-bond acceptors (Lipinski definition) is 4. The van der Waals surface area contributed by atoms with Crippen LogP contribution >= 0.6 is 0 Å². The smallest absolute Gasteiger partial charge is 0.268 e. The maximum absolute atomic E-state index is 11.5. The fourth-order valence-corrected chi connectivity index (χ4v) is 1.12. The van der Waals surface area contributed by atoms with Gasteiger partial charge in [-0.05, 0) is 6.07 Å². The van der Waals surface area contributed by atoms with Gasteiger partial charge in [-0.15, -0.1) is 0 Å². The van der Waals surface area contributed by atoms with Crippen molar-refractivity contribution in [2.75, 3.05) is 5.73 Å². The van der Waals surface area contributed by atoms with Crippen LogP contribution in [0.3, 0.4) is 0 Å². The van der Waals surface area contributed by atoms with Crippen molar-refractivity contribution in [3.63, 3.8) is 0 Å². The zero-order valence-corrected chi connectivity index (χ0v) is 7.82. The Bertz CT molecular complexity index is 445. The van der Waals surface area contributed by atoms with Crippen molar-refractivity contribution in [2.24, 2.45) is 0 Å². The van der Waals surface area contributed by atoms with Crippen molar-refractivity contribution in [3.05, 3.63) is 30.1 Å². The van der Waals surface area contributed by atoms with Crippen LogP contribution in [0.4, 0.5) is 5.69 Å². The highest BCUT2D eigenvalue weighted by molar-refractivity contribution is 5.93. The van der Waals surface area contributed by atoms with E-state index in [-0.39, 0.29) is 5.91 Å². The standard InChI is InChI=1S/C8H10N6O/c9-5-1-6(10-2-5)8(15)11-3-7-12-4-13-14-7/h1-2,4,10H,3,9H2,(H,11,15)(H,12,13,14). The van der Waals surface area contributed by atoms with Crippen LogP contribution in [0.5, 0.6) is 0 Å². The maximum atomic E-state index is 11.5. The Morgan fingerprint density at radius 2 is 2.47 bits per heavy atom. The van der Waals surface area contributed by atoms with Crippen molar-refractivity contribution in [3.8, 4) is 0 Å². The predicted molar refractivity (Wildman–Crippen MR) is 52.8 cm³/mol. The molecule has 5 N–H and O–H groups in total. The van der Waals surface area contributed by atoms with Crippen molar-refractivity contribution < 1.29 is 4.79 Å². The molecule has 0 fully saturated rings. The molecule has 0 unspecified atom stereocenters. The van der Waals surface area contributed by atoms with Gasteiger partial charge in [0.2, 0.25) is 0 Å². The number of nitrogens with zero attached hydrogens (tertiary/aromatic N) is 2. The third kappa shape index (κ3) is 2.13. The lowest BCUT2D eigenvalue weighted by Gasteiger charge is -1.99. The molecule has 0 saturated heterocycles. The Balaban J connectivity index is 1.93. The first-order valence-corrected chi connectivity index (χ1v) is 4.32. The van der Waals surface area contributed by atoms with E-state index in [2.05, 4.69) is 25.5 Å². The second kappa shape index (κ2) is 3.82. The molecule has 0 radical (unpaired) electrons. The fourth-order valence-electron chi connectivity index (χ4n) is 1.12. The van der Waals surface area contributed by atoms with E-state index >= 15 is 0 Å². The van der Waals surface area contributed by atoms with Crippen LogP contribution < -0.4 is 11.1 Å². The molecule has 7 nitrogen and oxygen atoms in total. The minimum atomic E-state index is -0.233. The second-order valence-electron chi connectivity index (χ2n) is 2.96. The first-order valence-electron chi connectivity index (χ1n) is 4.32. The summed E-state index contributed by atoms with van der Waals surface area (Å²) in [6.45, 7) is 0.303. The third-order valence-corrected chi connectivity index (χ3v) is 1.83. The third-order valence-electron chi connectivity index (χ3n) is 1.83. The number of hydrogen-bond donors (Lipinski definition) is 4. The Kier molecular flexibility index (Phi) is 2.36. The number of carbonyl (C=O) groups is 1. The van der Waals surface area contributed by atoms with Crippen molar-refractivity contribution in [1.82, 2.24) is 25.5 Å². The molecule has 0 bridgehead atoms. The Labute approximate surface area is 85.1 Å². The highest BCUT2D eigenvalue weighted by atomic mass is 16.1. The number of aromatic nitrogens is 4. The molecule has 0 saturated carbocycles. The number of nitrogens with two attached hydrogens (primary N) is 1. The molecule has 0 spiro atoms. The number of amides is 1. The quantitative estimate of drug-likeness (QED) is 0.549. The van der Waals surface area contributed by atoms with Gasteiger partial charge in [-0.1, -0.05) is 0 Å². The van der Waals surface area contributed by atoms with Gasteiger partial charge in [-0.2, -0.15) is 5.10 Å². The highest BCUT2D eigenvalue weighted by Crippen LogP contribution is 2.03. The zero-order valence-electron chi connectivity index (χ0n) is 7.82. The molecule has 0 aromatic carbocycles. The molecule has 2 heterocycles. The molecule has 1 amide bonds. The maximum Gasteiger partial charge on any atom is 0.268 e. The Morgan fingerprint density at radius 3 is 3.07 bits per heavy atom. The molecular weight excluding hydrogens is 196 g/mol. The molecule has 0 aliphatic carbocycles. The van der Waals surface area contributed by atoms with E-state index in [0.717, 1.165) is 0 Å². The number of rotatable bonds is 3. The Morgan fingerprint density at radius 1 is 1.60 bits per heavy atom. The van der Waals surface area contributed by atoms with Crippen LogP contribution in [0.1, 0.15) is 16.3 Å². The lowest BCUT2D eigenvalue weighted by atomic mass is 10.4. The summed E-state index contributed by atoms with van der Waals surface area (Å²) in [5, 5.41) is 8.96. The fraction of sp³-hybridized carbons (Fsp3) is 0.125. The molecule has 2 rings (SSSR count). The largest absolute Gasteiger partial charge is 0.397 e. The normalized spacial score (nSPS) is 10.1. The zero-order chi connectivity index (χ0) is 10.7. The molecule has 2 aromatic heterocycles. The van der Waals surface area contributed by atoms with E-state index in [1.807, 2.05) is 0 Å². The van der Waals surface area contributed by atoms with Gasteiger partial charge in [0.25, 0.3) is 5.91 Å². The minimum Gasteiger partial charge on any atom is -0.397 e. The van der Waals surface area contributed by atoms with Gasteiger partial charge in [0.15, 0.2) is 0 Å². The van der Waals surface area contributed by atoms with Crippen molar-refractivity contribution in [2.45, 2.75) is 6.54 Å². The first-order chi connectivity index (χ1) is 7.25. The monoisotopic (exact) mass is 206 g/mol. The van der Waals surface area contributed by atoms with E-state index in [4.69, 9.17) is 5.73 Å². The highest BCUT2D eigenvalue weighted by Gasteiger charge is 2.07. The van der Waals surface area contributed by atoms with E-state index in [1.54, 1.807) is 12.3 Å². The molecule has 0 atom stereocenters. The SMILES string of the molecule is Nc1c[nH]c(C(=O)NCc2ncn[nH]2)c1. The second-order valence-corrected chi connectivity index (χ2v) is 2.96. The van der Waals surface area contributed by atoms with E-state index in [0.29, 0.717) is 23.8 Å². The summed E-state index contributed by atoms with van der Waals surface area (Å²) in [5.41, 5.74) is 6.42. The van der Waals surface area contributed by atoms with Gasteiger partial charge in [-0.25, -0.2) is 4.98 Å². The summed E-state index contributed by atoms with van der Waals surface area (Å²) in [5.74, 6) is 0.367. The topological polar surface area (TPSA) is 112 Å². The number of nitrogens with one attached hydrogen (secondary N) is 3. The van der Waals surface area contributed by atoms with Gasteiger partial charge in [-0.3, -0.25) is 9.89 Å². The summed E-state index contributed by atoms with van der Waals surface area (Å²) in [6, 6.07) is 1.57. The average molecular weight is 206 g/mol. The van der Waals surface area contributed by atoms with Crippen LogP contribution in [0.25, 0.3) is 0 Å². The summed E-state index contributed by atoms with van der Waals surface area (Å²) < 4.78 is 0.